The molecule has 0 fully saturated rings. The molecule has 0 aromatic rings. The number of aliphatic carboxylic acids is 1. The van der Waals surface area contributed by atoms with E-state index in [0.717, 1.165) is 0 Å². The molecule has 1 atom stereocenters. The van der Waals surface area contributed by atoms with Crippen LogP contribution >= 0.6 is 0 Å². The van der Waals surface area contributed by atoms with Gasteiger partial charge in [0.1, 0.15) is 0 Å². The molecular weight excluding hydrogens is 240 g/mol. The van der Waals surface area contributed by atoms with Crippen molar-refractivity contribution in [1.82, 2.24) is 0 Å². The highest BCUT2D eigenvalue weighted by Gasteiger charge is 2.46. The summed E-state index contributed by atoms with van der Waals surface area (Å²) >= 11 is 0. The van der Waals surface area contributed by atoms with Crippen LogP contribution < -0.4 is 17.2 Å². The Balaban J connectivity index is 4.62. The molecule has 1 unspecified atom stereocenters. The molecule has 10 heteroatoms. The third kappa shape index (κ3) is 3.64. The first-order valence-corrected chi connectivity index (χ1v) is 5.60. The van der Waals surface area contributed by atoms with Crippen LogP contribution in [-0.2, 0) is 14.9 Å². The minimum absolute atomic E-state index is 0.000486. The zero-order valence-electron chi connectivity index (χ0n) is 8.33. The molecule has 0 heterocycles. The van der Waals surface area contributed by atoms with E-state index in [1.54, 1.807) is 0 Å². The van der Waals surface area contributed by atoms with Crippen molar-refractivity contribution >= 4 is 22.0 Å². The molecule has 0 bridgehead atoms. The summed E-state index contributed by atoms with van der Waals surface area (Å²) in [6.45, 7) is 0.0179. The lowest BCUT2D eigenvalue weighted by molar-refractivity contribution is -0.140. The van der Waals surface area contributed by atoms with Crippen molar-refractivity contribution in [1.29, 1.82) is 0 Å². The number of nitrogens with two attached hydrogens (primary N) is 3. The van der Waals surface area contributed by atoms with Gasteiger partial charge in [0.2, 0.25) is 4.87 Å². The van der Waals surface area contributed by atoms with Crippen LogP contribution in [0.4, 0.5) is 0 Å². The zero-order chi connectivity index (χ0) is 13.0. The highest BCUT2D eigenvalue weighted by Crippen LogP contribution is 2.16. The summed E-state index contributed by atoms with van der Waals surface area (Å²) in [6, 6.07) is 0. The number of rotatable bonds is 6. The fraction of sp³-hybridized carbons (Fsp3) is 0.667. The van der Waals surface area contributed by atoms with Gasteiger partial charge in [0.25, 0.3) is 10.1 Å². The number of carboxylic acids is 1. The van der Waals surface area contributed by atoms with E-state index in [0.29, 0.717) is 0 Å². The lowest BCUT2D eigenvalue weighted by atomic mass is 10.1. The van der Waals surface area contributed by atoms with Crippen molar-refractivity contribution < 1.29 is 22.9 Å². The van der Waals surface area contributed by atoms with Crippen LogP contribution in [0.2, 0.25) is 0 Å². The van der Waals surface area contributed by atoms with E-state index >= 15 is 0 Å². The first-order chi connectivity index (χ1) is 7.11. The molecule has 0 radical (unpaired) electrons. The number of carbonyl (C=O) groups is 1. The molecule has 8 N–H and O–H groups in total. The highest BCUT2D eigenvalue weighted by molar-refractivity contribution is 7.88. The van der Waals surface area contributed by atoms with E-state index in [9.17, 15) is 13.2 Å². The Morgan fingerprint density at radius 1 is 1.38 bits per heavy atom. The Labute approximate surface area is 92.1 Å². The van der Waals surface area contributed by atoms with Gasteiger partial charge in [-0.3, -0.25) is 9.55 Å². The standard InChI is InChI=1S/C6H14N4O5S/c7-5(8)10-3-1-2-6(9,4(11)12)16(13,14)15/h1-3,9H2,(H,11,12)(H4,7,8,10)(H,13,14,15). The van der Waals surface area contributed by atoms with Gasteiger partial charge in [-0.05, 0) is 12.8 Å². The summed E-state index contributed by atoms with van der Waals surface area (Å²) in [4.78, 5) is 11.4. The van der Waals surface area contributed by atoms with Crippen LogP contribution in [0.1, 0.15) is 12.8 Å². The second kappa shape index (κ2) is 5.09. The first kappa shape index (κ1) is 14.6. The molecule has 0 aliphatic rings. The van der Waals surface area contributed by atoms with Gasteiger partial charge in [-0.1, -0.05) is 0 Å². The van der Waals surface area contributed by atoms with Gasteiger partial charge in [-0.15, -0.1) is 0 Å². The SMILES string of the molecule is NC(N)=NCCCC(N)(C(=O)O)S(=O)(=O)O. The van der Waals surface area contributed by atoms with Crippen LogP contribution in [0.25, 0.3) is 0 Å². The predicted molar refractivity (Wildman–Crippen MR) is 56.0 cm³/mol. The number of hydrogen-bond acceptors (Lipinski definition) is 5. The molecule has 0 aliphatic carbocycles. The molecule has 0 spiro atoms. The molecule has 0 saturated carbocycles. The topological polar surface area (TPSA) is 182 Å². The quantitative estimate of drug-likeness (QED) is 0.151. The Kier molecular flexibility index (Phi) is 4.65. The monoisotopic (exact) mass is 254 g/mol. The Hall–Kier alpha value is -1.39. The van der Waals surface area contributed by atoms with E-state index in [4.69, 9.17) is 26.9 Å². The smallest absolute Gasteiger partial charge is 0.342 e. The molecule has 0 aromatic carbocycles. The zero-order valence-corrected chi connectivity index (χ0v) is 9.14. The van der Waals surface area contributed by atoms with Crippen LogP contribution in [-0.4, -0.2) is 41.4 Å². The molecule has 94 valence electrons. The van der Waals surface area contributed by atoms with E-state index in [1.165, 1.54) is 0 Å². The normalized spacial score (nSPS) is 15.1. The Morgan fingerprint density at radius 2 is 1.88 bits per heavy atom. The van der Waals surface area contributed by atoms with Gasteiger partial charge in [0.05, 0.1) is 0 Å². The van der Waals surface area contributed by atoms with Crippen molar-refractivity contribution in [2.24, 2.45) is 22.2 Å². The maximum absolute atomic E-state index is 10.8. The fourth-order valence-corrected chi connectivity index (χ4v) is 1.52. The second-order valence-corrected chi connectivity index (χ2v) is 4.76. The van der Waals surface area contributed by atoms with Crippen molar-refractivity contribution in [3.05, 3.63) is 0 Å². The fourth-order valence-electron chi connectivity index (χ4n) is 0.896. The summed E-state index contributed by atoms with van der Waals surface area (Å²) < 4.78 is 30.3. The number of aliphatic imine (C=N–C) groups is 1. The van der Waals surface area contributed by atoms with Gasteiger partial charge < -0.3 is 22.3 Å². The highest BCUT2D eigenvalue weighted by atomic mass is 32.2. The summed E-state index contributed by atoms with van der Waals surface area (Å²) in [6.07, 6.45) is -0.502. The molecule has 0 aliphatic heterocycles. The third-order valence-electron chi connectivity index (χ3n) is 1.82. The van der Waals surface area contributed by atoms with Gasteiger partial charge >= 0.3 is 5.97 Å². The average Bonchev–Trinajstić information content (AvgIpc) is 2.09. The molecule has 0 amide bonds. The summed E-state index contributed by atoms with van der Waals surface area (Å²) in [5.41, 5.74) is 15.1. The lowest BCUT2D eigenvalue weighted by Gasteiger charge is -2.20. The van der Waals surface area contributed by atoms with Gasteiger partial charge in [0.15, 0.2) is 5.96 Å². The van der Waals surface area contributed by atoms with E-state index < -0.39 is 27.4 Å². The van der Waals surface area contributed by atoms with E-state index in [-0.39, 0.29) is 18.9 Å². The number of carboxylic acid groups (broad SMARTS) is 1. The number of nitrogens with zero attached hydrogens (tertiary/aromatic N) is 1. The predicted octanol–water partition coefficient (Wildman–Crippen LogP) is -2.33. The first-order valence-electron chi connectivity index (χ1n) is 4.16. The van der Waals surface area contributed by atoms with Crippen molar-refractivity contribution in [3.8, 4) is 0 Å². The number of guanidine groups is 1. The maximum atomic E-state index is 10.8. The van der Waals surface area contributed by atoms with Gasteiger partial charge in [0, 0.05) is 6.54 Å². The lowest BCUT2D eigenvalue weighted by Crippen LogP contribution is -2.54. The average molecular weight is 254 g/mol. The Morgan fingerprint density at radius 3 is 2.19 bits per heavy atom. The summed E-state index contributed by atoms with van der Waals surface area (Å²) in [5, 5.41) is 8.63. The molecular formula is C6H14N4O5S. The Bertz CT molecular complexity index is 388. The molecule has 16 heavy (non-hydrogen) atoms. The number of hydrogen-bond donors (Lipinski definition) is 5. The van der Waals surface area contributed by atoms with E-state index in [1.807, 2.05) is 0 Å². The molecule has 9 nitrogen and oxygen atoms in total. The molecule has 0 saturated heterocycles. The minimum Gasteiger partial charge on any atom is -0.479 e. The molecule has 0 aromatic heterocycles. The van der Waals surface area contributed by atoms with Crippen LogP contribution in [0.5, 0.6) is 0 Å². The van der Waals surface area contributed by atoms with Gasteiger partial charge in [-0.2, -0.15) is 8.42 Å². The van der Waals surface area contributed by atoms with Crippen LogP contribution in [0, 0.1) is 0 Å². The van der Waals surface area contributed by atoms with E-state index in [2.05, 4.69) is 4.99 Å². The van der Waals surface area contributed by atoms with Crippen LogP contribution in [0.15, 0.2) is 4.99 Å². The van der Waals surface area contributed by atoms with Gasteiger partial charge in [-0.25, -0.2) is 4.79 Å². The van der Waals surface area contributed by atoms with Crippen molar-refractivity contribution in [2.45, 2.75) is 17.7 Å². The largest absolute Gasteiger partial charge is 0.479 e. The second-order valence-electron chi connectivity index (χ2n) is 3.08. The summed E-state index contributed by atoms with van der Waals surface area (Å²) in [7, 11) is -4.90. The van der Waals surface area contributed by atoms with Crippen molar-refractivity contribution in [2.75, 3.05) is 6.54 Å². The summed E-state index contributed by atoms with van der Waals surface area (Å²) in [5.74, 6) is -2.04. The molecule has 0 rings (SSSR count). The maximum Gasteiger partial charge on any atom is 0.342 e. The minimum atomic E-state index is -4.90. The third-order valence-corrected chi connectivity index (χ3v) is 3.12. The van der Waals surface area contributed by atoms with Crippen LogP contribution in [0.3, 0.4) is 0 Å². The van der Waals surface area contributed by atoms with Crippen molar-refractivity contribution in [3.63, 3.8) is 0 Å².